The average molecular weight is 418 g/mol. The second-order valence-electron chi connectivity index (χ2n) is 4.28. The minimum atomic E-state index is 0. The van der Waals surface area contributed by atoms with E-state index in [4.69, 9.17) is 25.3 Å². The van der Waals surface area contributed by atoms with Crippen LogP contribution >= 0.6 is 0 Å². The van der Waals surface area contributed by atoms with Gasteiger partial charge in [-0.2, -0.15) is 10.2 Å². The third kappa shape index (κ3) is 8.92. The van der Waals surface area contributed by atoms with Crippen LogP contribution in [-0.2, 0) is 42.3 Å². The van der Waals surface area contributed by atoms with Crippen molar-refractivity contribution in [3.63, 3.8) is 0 Å². The van der Waals surface area contributed by atoms with Gasteiger partial charge in [0.1, 0.15) is 0 Å². The van der Waals surface area contributed by atoms with Gasteiger partial charge in [0.15, 0.2) is 0 Å². The standard InChI is InChI=1S/C16H16N6S2.Cu/c23-15(19-13-7-3-1-4-8-13)21-17-11-12-18-22-16(24)20-14-9-5-2-6-10-14;/h1-12H,(H2,19,21,23)(H2,20,22,24);/q;+2/p-2/b17-11+,18-12+;. The fraction of sp³-hybridized carbons (Fsp3) is 0. The van der Waals surface area contributed by atoms with E-state index in [0.717, 1.165) is 11.4 Å². The smallest absolute Gasteiger partial charge is 0.741 e. The molecule has 131 valence electrons. The summed E-state index contributed by atoms with van der Waals surface area (Å²) in [6, 6.07) is 18.7. The Hall–Kier alpha value is -2.32. The first-order valence-corrected chi connectivity index (χ1v) is 7.74. The maximum Gasteiger partial charge on any atom is 2.00 e. The van der Waals surface area contributed by atoms with Crippen LogP contribution in [0.25, 0.3) is 0 Å². The molecule has 0 fully saturated rings. The van der Waals surface area contributed by atoms with Crippen molar-refractivity contribution in [1.82, 2.24) is 10.9 Å². The fourth-order valence-electron chi connectivity index (χ4n) is 1.54. The van der Waals surface area contributed by atoms with E-state index >= 15 is 0 Å². The van der Waals surface area contributed by atoms with Crippen LogP contribution in [0.5, 0.6) is 0 Å². The summed E-state index contributed by atoms with van der Waals surface area (Å²) in [4.78, 5) is 8.33. The minimum absolute atomic E-state index is 0. The van der Waals surface area contributed by atoms with E-state index in [-0.39, 0.29) is 27.4 Å². The normalized spacial score (nSPS) is 12.2. The van der Waals surface area contributed by atoms with Gasteiger partial charge in [-0.05, 0) is 24.3 Å². The number of hydrazone groups is 2. The fourth-order valence-corrected chi connectivity index (χ4v) is 1.86. The third-order valence-corrected chi connectivity index (χ3v) is 2.87. The molecule has 0 aliphatic heterocycles. The quantitative estimate of drug-likeness (QED) is 0.258. The number of para-hydroxylation sites is 2. The van der Waals surface area contributed by atoms with E-state index in [1.54, 1.807) is 0 Å². The first-order chi connectivity index (χ1) is 11.7. The number of hydrogen-bond donors (Lipinski definition) is 2. The molecule has 0 aliphatic rings. The Balaban J connectivity index is 0.00000312. The van der Waals surface area contributed by atoms with Gasteiger partial charge in [0, 0.05) is 10.3 Å². The van der Waals surface area contributed by atoms with E-state index in [2.05, 4.69) is 31.0 Å². The van der Waals surface area contributed by atoms with Crippen molar-refractivity contribution in [2.75, 3.05) is 0 Å². The molecule has 1 radical (unpaired) electrons. The SMILES string of the molecule is [Cu+2].[S-]C(=Nc1ccccc1)N/N=C/C=N/NC([S-])=Nc1ccccc1. The number of nitrogens with zero attached hydrogens (tertiary/aromatic N) is 4. The van der Waals surface area contributed by atoms with E-state index < -0.39 is 0 Å². The van der Waals surface area contributed by atoms with Crippen molar-refractivity contribution in [2.24, 2.45) is 20.2 Å². The molecule has 0 unspecified atom stereocenters. The Bertz CT molecular complexity index is 682. The average Bonchev–Trinajstić information content (AvgIpc) is 2.60. The van der Waals surface area contributed by atoms with Gasteiger partial charge >= 0.3 is 17.1 Å². The van der Waals surface area contributed by atoms with Gasteiger partial charge in [0.05, 0.1) is 23.8 Å². The molecule has 9 heteroatoms. The first kappa shape index (κ1) is 20.7. The molecule has 0 spiro atoms. The molecule has 0 amide bonds. The molecule has 0 saturated heterocycles. The van der Waals surface area contributed by atoms with Crippen molar-refractivity contribution in [3.05, 3.63) is 60.7 Å². The maximum atomic E-state index is 5.04. The molecule has 0 bridgehead atoms. The number of rotatable bonds is 5. The Morgan fingerprint density at radius 2 is 1.04 bits per heavy atom. The number of benzene rings is 2. The Labute approximate surface area is 167 Å². The van der Waals surface area contributed by atoms with Crippen LogP contribution in [0.15, 0.2) is 80.9 Å². The maximum absolute atomic E-state index is 5.04. The van der Waals surface area contributed by atoms with Gasteiger partial charge in [-0.3, -0.25) is 20.8 Å². The second-order valence-corrected chi connectivity index (χ2v) is 5.06. The molecule has 0 aromatic heterocycles. The zero-order valence-electron chi connectivity index (χ0n) is 12.8. The first-order valence-electron chi connectivity index (χ1n) is 6.92. The molecule has 2 aromatic rings. The molecule has 2 N–H and O–H groups in total. The van der Waals surface area contributed by atoms with Crippen LogP contribution in [0.1, 0.15) is 0 Å². The van der Waals surface area contributed by atoms with Crippen LogP contribution < -0.4 is 10.9 Å². The number of aliphatic imine (C=N–C) groups is 2. The van der Waals surface area contributed by atoms with Gasteiger partial charge in [-0.15, -0.1) is 0 Å². The van der Waals surface area contributed by atoms with E-state index in [0.29, 0.717) is 0 Å². The zero-order valence-corrected chi connectivity index (χ0v) is 15.4. The predicted octanol–water partition coefficient (Wildman–Crippen LogP) is 2.60. The zero-order chi connectivity index (χ0) is 17.0. The van der Waals surface area contributed by atoms with Crippen molar-refractivity contribution in [2.45, 2.75) is 0 Å². The summed E-state index contributed by atoms with van der Waals surface area (Å²) in [5.41, 5.74) is 6.75. The summed E-state index contributed by atoms with van der Waals surface area (Å²) in [6.07, 6.45) is 2.84. The van der Waals surface area contributed by atoms with Crippen molar-refractivity contribution in [3.8, 4) is 0 Å². The topological polar surface area (TPSA) is 73.5 Å². The van der Waals surface area contributed by atoms with Crippen LogP contribution in [0, 0.1) is 0 Å². The summed E-state index contributed by atoms with van der Waals surface area (Å²) in [6.45, 7) is 0. The molecule has 6 nitrogen and oxygen atoms in total. The van der Waals surface area contributed by atoms with Crippen LogP contribution in [0.4, 0.5) is 11.4 Å². The molecule has 0 saturated carbocycles. The molecule has 2 rings (SSSR count). The molecule has 0 aliphatic carbocycles. The monoisotopic (exact) mass is 417 g/mol. The molecular weight excluding hydrogens is 404 g/mol. The summed E-state index contributed by atoms with van der Waals surface area (Å²) >= 11 is 10.1. The number of amidine groups is 2. The van der Waals surface area contributed by atoms with Gasteiger partial charge in [0.2, 0.25) is 0 Å². The van der Waals surface area contributed by atoms with E-state index in [9.17, 15) is 0 Å². The summed E-state index contributed by atoms with van der Waals surface area (Å²) < 4.78 is 0. The Kier molecular flexibility index (Phi) is 10.0. The number of nitrogens with one attached hydrogen (secondary N) is 2. The predicted molar refractivity (Wildman–Crippen MR) is 105 cm³/mol. The summed E-state index contributed by atoms with van der Waals surface area (Å²) in [5, 5.41) is 8.27. The van der Waals surface area contributed by atoms with Crippen molar-refractivity contribution in [1.29, 1.82) is 0 Å². The Morgan fingerprint density at radius 1 is 0.680 bits per heavy atom. The van der Waals surface area contributed by atoms with E-state index in [1.807, 2.05) is 60.7 Å². The second kappa shape index (κ2) is 12.1. The summed E-state index contributed by atoms with van der Waals surface area (Å²) in [7, 11) is 0. The van der Waals surface area contributed by atoms with Gasteiger partial charge in [-0.1, -0.05) is 36.4 Å². The van der Waals surface area contributed by atoms with Gasteiger partial charge in [0.25, 0.3) is 0 Å². The molecule has 0 atom stereocenters. The van der Waals surface area contributed by atoms with Gasteiger partial charge in [-0.25, -0.2) is 0 Å². The van der Waals surface area contributed by atoms with Crippen molar-refractivity contribution >= 4 is 59.4 Å². The third-order valence-electron chi connectivity index (χ3n) is 2.51. The summed E-state index contributed by atoms with van der Waals surface area (Å²) in [5.74, 6) is 0. The molecular formula is C16H14CuN6S2. The molecule has 2 aromatic carbocycles. The van der Waals surface area contributed by atoms with Crippen molar-refractivity contribution < 1.29 is 17.1 Å². The minimum Gasteiger partial charge on any atom is -0.741 e. The number of hydrogen-bond acceptors (Lipinski definition) is 6. The molecule has 25 heavy (non-hydrogen) atoms. The van der Waals surface area contributed by atoms with Gasteiger partial charge < -0.3 is 25.3 Å². The van der Waals surface area contributed by atoms with Crippen LogP contribution in [0.3, 0.4) is 0 Å². The Morgan fingerprint density at radius 3 is 1.40 bits per heavy atom. The molecule has 0 heterocycles. The van der Waals surface area contributed by atoms with E-state index in [1.165, 1.54) is 12.4 Å². The van der Waals surface area contributed by atoms with Crippen LogP contribution in [-0.4, -0.2) is 22.8 Å². The largest absolute Gasteiger partial charge is 2.00 e. The van der Waals surface area contributed by atoms with Crippen LogP contribution in [0.2, 0.25) is 0 Å².